The number of allylic oxidation sites excluding steroid dienone is 2. The van der Waals surface area contributed by atoms with Crippen molar-refractivity contribution in [3.8, 4) is 0 Å². The predicted molar refractivity (Wildman–Crippen MR) is 151 cm³/mol. The lowest BCUT2D eigenvalue weighted by molar-refractivity contribution is -0.132. The molecule has 2 saturated heterocycles. The lowest BCUT2D eigenvalue weighted by atomic mass is 9.84. The van der Waals surface area contributed by atoms with Crippen molar-refractivity contribution in [3.05, 3.63) is 60.7 Å². The van der Waals surface area contributed by atoms with E-state index in [-0.39, 0.29) is 18.0 Å². The second-order valence-corrected chi connectivity index (χ2v) is 12.3. The summed E-state index contributed by atoms with van der Waals surface area (Å²) < 4.78 is 2.09. The van der Waals surface area contributed by atoms with Crippen LogP contribution in [0.1, 0.15) is 49.7 Å². The number of dihydropyridines is 1. The normalized spacial score (nSPS) is 22.7. The summed E-state index contributed by atoms with van der Waals surface area (Å²) in [6.07, 6.45) is 10.2. The van der Waals surface area contributed by atoms with E-state index in [9.17, 15) is 9.59 Å². The van der Waals surface area contributed by atoms with Gasteiger partial charge in [-0.05, 0) is 101 Å². The zero-order valence-corrected chi connectivity index (χ0v) is 24.1. The van der Waals surface area contributed by atoms with Crippen LogP contribution in [0.2, 0.25) is 5.02 Å². The summed E-state index contributed by atoms with van der Waals surface area (Å²) in [5, 5.41) is 4.38. The maximum Gasteiger partial charge on any atom is 0.314 e. The summed E-state index contributed by atoms with van der Waals surface area (Å²) >= 11 is 13.9. The van der Waals surface area contributed by atoms with Crippen LogP contribution in [-0.2, 0) is 11.2 Å². The zero-order chi connectivity index (χ0) is 25.4. The molecule has 4 aliphatic rings. The molecule has 192 valence electrons. The fraction of sp³-hybridized carbons (Fsp3) is 0.481. The fourth-order valence-corrected chi connectivity index (χ4v) is 7.53. The summed E-state index contributed by atoms with van der Waals surface area (Å²) in [5.41, 5.74) is 12.0. The quantitative estimate of drug-likeness (QED) is 0.434. The van der Waals surface area contributed by atoms with Crippen LogP contribution >= 0.6 is 43.5 Å². The van der Waals surface area contributed by atoms with Crippen LogP contribution in [0.4, 0.5) is 4.79 Å². The summed E-state index contributed by atoms with van der Waals surface area (Å²) in [6, 6.07) is 3.85. The highest BCUT2D eigenvalue weighted by atomic mass is 79.9. The Morgan fingerprint density at radius 1 is 1.03 bits per heavy atom. The van der Waals surface area contributed by atoms with E-state index in [0.717, 1.165) is 65.6 Å². The molecule has 3 N–H and O–H groups in total. The molecule has 3 aliphatic heterocycles. The van der Waals surface area contributed by atoms with Gasteiger partial charge in [0.2, 0.25) is 5.91 Å². The summed E-state index contributed by atoms with van der Waals surface area (Å²) in [5.74, 6) is 0.556. The summed E-state index contributed by atoms with van der Waals surface area (Å²) in [6.45, 7) is 2.78. The van der Waals surface area contributed by atoms with Gasteiger partial charge in [0, 0.05) is 52.8 Å². The number of nitrogens with two attached hydrogens (primary N) is 1. The number of halogens is 3. The van der Waals surface area contributed by atoms with Gasteiger partial charge in [-0.15, -0.1) is 0 Å². The van der Waals surface area contributed by atoms with Crippen LogP contribution in [-0.4, -0.2) is 54.0 Å². The molecular weight excluding hydrogens is 608 g/mol. The highest BCUT2D eigenvalue weighted by molar-refractivity contribution is 9.12. The lowest BCUT2D eigenvalue weighted by Gasteiger charge is -2.35. The Morgan fingerprint density at radius 2 is 1.75 bits per heavy atom. The number of urea groups is 1. The van der Waals surface area contributed by atoms with Gasteiger partial charge in [0.15, 0.2) is 0 Å². The maximum atomic E-state index is 13.1. The number of benzene rings is 1. The molecule has 0 bridgehead atoms. The number of piperidine rings is 2. The van der Waals surface area contributed by atoms with Crippen LogP contribution in [0.25, 0.3) is 5.57 Å². The van der Waals surface area contributed by atoms with E-state index in [0.29, 0.717) is 25.4 Å². The largest absolute Gasteiger partial charge is 0.379 e. The smallest absolute Gasteiger partial charge is 0.314 e. The van der Waals surface area contributed by atoms with E-state index in [4.69, 9.17) is 17.3 Å². The third-order valence-corrected chi connectivity index (χ3v) is 9.25. The van der Waals surface area contributed by atoms with Gasteiger partial charge in [-0.3, -0.25) is 4.79 Å². The molecule has 0 saturated carbocycles. The average molecular weight is 639 g/mol. The number of hydrogen-bond donors (Lipinski definition) is 2. The van der Waals surface area contributed by atoms with Crippen LogP contribution in [0.15, 0.2) is 44.5 Å². The van der Waals surface area contributed by atoms with Gasteiger partial charge < -0.3 is 20.9 Å². The van der Waals surface area contributed by atoms with Crippen LogP contribution < -0.4 is 11.1 Å². The molecule has 0 unspecified atom stereocenters. The number of rotatable bonds is 2. The van der Waals surface area contributed by atoms with Crippen molar-refractivity contribution >= 4 is 61.0 Å². The minimum absolute atomic E-state index is 0.123. The van der Waals surface area contributed by atoms with Gasteiger partial charge in [-0.2, -0.15) is 0 Å². The van der Waals surface area contributed by atoms with Crippen molar-refractivity contribution in [2.45, 2.75) is 51.0 Å². The monoisotopic (exact) mass is 636 g/mol. The fourth-order valence-electron chi connectivity index (χ4n) is 6.02. The van der Waals surface area contributed by atoms with Crippen LogP contribution in [0, 0.1) is 5.92 Å². The van der Waals surface area contributed by atoms with Crippen molar-refractivity contribution in [2.75, 3.05) is 26.2 Å². The van der Waals surface area contributed by atoms with Crippen LogP contribution in [0.3, 0.4) is 0 Å². The van der Waals surface area contributed by atoms with Crippen molar-refractivity contribution in [1.29, 1.82) is 0 Å². The first kappa shape index (κ1) is 25.9. The molecule has 1 aromatic carbocycles. The molecule has 0 radical (unpaired) electrons. The molecule has 3 heterocycles. The minimum atomic E-state index is -0.362. The SMILES string of the molecule is NC(=O)N1CCC(CC(=O)N2CCC(=C3c4c(Br)cc(Cl)cc4CCC4=CC(Br)=CN[C@@H]43)CC2)CC1. The van der Waals surface area contributed by atoms with Gasteiger partial charge in [-0.25, -0.2) is 4.79 Å². The third kappa shape index (κ3) is 5.41. The Bertz CT molecular complexity index is 1160. The lowest BCUT2D eigenvalue weighted by Crippen LogP contribution is -2.43. The molecule has 0 aromatic heterocycles. The number of primary amides is 1. The molecule has 9 heteroatoms. The van der Waals surface area contributed by atoms with E-state index in [2.05, 4.69) is 49.3 Å². The molecule has 2 fully saturated rings. The van der Waals surface area contributed by atoms with E-state index in [1.54, 1.807) is 4.90 Å². The number of nitrogens with one attached hydrogen (secondary N) is 1. The van der Waals surface area contributed by atoms with Gasteiger partial charge in [0.1, 0.15) is 0 Å². The molecule has 3 amide bonds. The Morgan fingerprint density at radius 3 is 2.44 bits per heavy atom. The first-order chi connectivity index (χ1) is 17.3. The Labute approximate surface area is 234 Å². The second-order valence-electron chi connectivity index (χ2n) is 10.1. The number of nitrogens with zero attached hydrogens (tertiary/aromatic N) is 2. The topological polar surface area (TPSA) is 78.7 Å². The Hall–Kier alpha value is -1.77. The first-order valence-electron chi connectivity index (χ1n) is 12.6. The van der Waals surface area contributed by atoms with Crippen molar-refractivity contribution < 1.29 is 9.59 Å². The standard InChI is InChI=1S/C27H31Br2ClN4O2/c28-20-12-19-2-1-18-13-21(30)14-22(29)24(18)25(26(19)32-15-20)17-5-9-33(10-6-17)23(35)11-16-3-7-34(8-4-16)27(31)36/h12-16,26,32H,1-11H2,(H2,31,36)/t26-/m0/s1. The number of fused-ring (bicyclic) bond motifs is 2. The highest BCUT2D eigenvalue weighted by Crippen LogP contribution is 2.43. The average Bonchev–Trinajstić information content (AvgIpc) is 3.01. The van der Waals surface area contributed by atoms with Crippen molar-refractivity contribution in [3.63, 3.8) is 0 Å². The number of amides is 3. The van der Waals surface area contributed by atoms with Gasteiger partial charge >= 0.3 is 6.03 Å². The maximum absolute atomic E-state index is 13.1. The first-order valence-corrected chi connectivity index (χ1v) is 14.6. The molecule has 6 nitrogen and oxygen atoms in total. The minimum Gasteiger partial charge on any atom is -0.379 e. The van der Waals surface area contributed by atoms with E-state index in [1.165, 1.54) is 27.8 Å². The van der Waals surface area contributed by atoms with E-state index >= 15 is 0 Å². The number of carbonyl (C=O) groups is 2. The highest BCUT2D eigenvalue weighted by Gasteiger charge is 2.33. The number of hydrogen-bond acceptors (Lipinski definition) is 3. The molecule has 1 atom stereocenters. The summed E-state index contributed by atoms with van der Waals surface area (Å²) in [7, 11) is 0. The Balaban J connectivity index is 1.34. The molecule has 1 aromatic rings. The van der Waals surface area contributed by atoms with Crippen molar-refractivity contribution in [2.24, 2.45) is 11.7 Å². The van der Waals surface area contributed by atoms with E-state index < -0.39 is 0 Å². The van der Waals surface area contributed by atoms with Crippen LogP contribution in [0.5, 0.6) is 0 Å². The molecule has 1 aliphatic carbocycles. The van der Waals surface area contributed by atoms with Gasteiger partial charge in [0.25, 0.3) is 0 Å². The molecule has 5 rings (SSSR count). The molecular formula is C27H31Br2ClN4O2. The van der Waals surface area contributed by atoms with Gasteiger partial charge in [-0.1, -0.05) is 33.1 Å². The number of carbonyl (C=O) groups excluding carboxylic acids is 2. The summed E-state index contributed by atoms with van der Waals surface area (Å²) in [4.78, 5) is 28.2. The van der Waals surface area contributed by atoms with Crippen molar-refractivity contribution in [1.82, 2.24) is 15.1 Å². The predicted octanol–water partition coefficient (Wildman–Crippen LogP) is 5.74. The number of likely N-dealkylation sites (tertiary alicyclic amines) is 2. The molecule has 0 spiro atoms. The van der Waals surface area contributed by atoms with E-state index in [1.807, 2.05) is 17.2 Å². The van der Waals surface area contributed by atoms with Gasteiger partial charge in [0.05, 0.1) is 6.04 Å². The Kier molecular flexibility index (Phi) is 7.84. The molecule has 36 heavy (non-hydrogen) atoms. The number of aryl methyl sites for hydroxylation is 1. The second kappa shape index (κ2) is 10.9. The zero-order valence-electron chi connectivity index (χ0n) is 20.2. The third-order valence-electron chi connectivity index (χ3n) is 7.95.